The van der Waals surface area contributed by atoms with Gasteiger partial charge in [0.15, 0.2) is 5.82 Å². The van der Waals surface area contributed by atoms with Crippen LogP contribution >= 0.6 is 11.6 Å². The first-order chi connectivity index (χ1) is 14.0. The van der Waals surface area contributed by atoms with Crippen molar-refractivity contribution in [3.8, 4) is 17.1 Å². The fourth-order valence-corrected chi connectivity index (χ4v) is 4.66. The molecule has 4 heterocycles. The second-order valence-electron chi connectivity index (χ2n) is 6.99. The van der Waals surface area contributed by atoms with E-state index in [1.54, 1.807) is 16.8 Å². The van der Waals surface area contributed by atoms with Crippen molar-refractivity contribution in [3.05, 3.63) is 58.9 Å². The monoisotopic (exact) mass is 417 g/mol. The van der Waals surface area contributed by atoms with Gasteiger partial charge in [-0.25, -0.2) is 19.0 Å². The molecule has 0 N–H and O–H groups in total. The molecule has 2 aliphatic rings. The first-order valence-corrected chi connectivity index (χ1v) is 9.25. The second-order valence-corrected chi connectivity index (χ2v) is 7.39. The van der Waals surface area contributed by atoms with E-state index >= 15 is 0 Å². The van der Waals surface area contributed by atoms with Gasteiger partial charge in [-0.1, -0.05) is 23.7 Å². The normalized spacial score (nSPS) is 19.2. The summed E-state index contributed by atoms with van der Waals surface area (Å²) >= 11 is 6.02. The molecular weight excluding hydrogens is 407 g/mol. The number of aromatic nitrogens is 5. The molecule has 2 aromatic heterocycles. The van der Waals surface area contributed by atoms with Crippen molar-refractivity contribution in [3.63, 3.8) is 0 Å². The van der Waals surface area contributed by atoms with Crippen LogP contribution in [0.1, 0.15) is 29.9 Å². The van der Waals surface area contributed by atoms with E-state index in [2.05, 4.69) is 15.1 Å². The number of alkyl halides is 2. The second kappa shape index (κ2) is 5.73. The summed E-state index contributed by atoms with van der Waals surface area (Å²) in [7, 11) is 0. The lowest BCUT2D eigenvalue weighted by Crippen LogP contribution is -2.14. The number of ether oxygens (including phenoxy) is 1. The zero-order valence-electron chi connectivity index (χ0n) is 14.6. The Balaban J connectivity index is 1.71. The van der Waals surface area contributed by atoms with E-state index < -0.39 is 12.4 Å². The van der Waals surface area contributed by atoms with Gasteiger partial charge in [-0.15, -0.1) is 0 Å². The summed E-state index contributed by atoms with van der Waals surface area (Å²) in [4.78, 5) is 8.95. The van der Waals surface area contributed by atoms with Crippen molar-refractivity contribution in [1.82, 2.24) is 24.3 Å². The van der Waals surface area contributed by atoms with E-state index in [0.29, 0.717) is 40.2 Å². The largest absolute Gasteiger partial charge is 0.434 e. The molecule has 2 atom stereocenters. The maximum absolute atomic E-state index is 14.0. The van der Waals surface area contributed by atoms with E-state index in [1.807, 2.05) is 4.57 Å². The summed E-state index contributed by atoms with van der Waals surface area (Å²) in [6.45, 7) is -2.97. The quantitative estimate of drug-likeness (QED) is 0.479. The molecule has 10 heteroatoms. The van der Waals surface area contributed by atoms with Gasteiger partial charge in [0.1, 0.15) is 29.8 Å². The van der Waals surface area contributed by atoms with Crippen LogP contribution < -0.4 is 4.74 Å². The number of hydrogen-bond donors (Lipinski definition) is 0. The van der Waals surface area contributed by atoms with Gasteiger partial charge in [-0.3, -0.25) is 0 Å². The summed E-state index contributed by atoms with van der Waals surface area (Å²) in [5, 5.41) is 4.32. The molecule has 6 nitrogen and oxygen atoms in total. The molecule has 29 heavy (non-hydrogen) atoms. The molecule has 2 bridgehead atoms. The number of nitrogens with zero attached hydrogens (tertiary/aromatic N) is 5. The SMILES string of the molecule is Fc1cc2nc3n(c2cc1Cl)[C@@H]1C[C@H]3n2ncnc2-c2cccc(OC(F)F)c21. The predicted molar refractivity (Wildman–Crippen MR) is 97.7 cm³/mol. The molecule has 4 aromatic rings. The summed E-state index contributed by atoms with van der Waals surface area (Å²) in [6, 6.07) is 7.11. The van der Waals surface area contributed by atoms with Crippen LogP contribution in [0.15, 0.2) is 36.7 Å². The first kappa shape index (κ1) is 16.8. The van der Waals surface area contributed by atoms with Crippen molar-refractivity contribution < 1.29 is 17.9 Å². The summed E-state index contributed by atoms with van der Waals surface area (Å²) < 4.78 is 48.7. The Morgan fingerprint density at radius 3 is 2.90 bits per heavy atom. The number of rotatable bonds is 2. The average Bonchev–Trinajstić information content (AvgIpc) is 3.34. The van der Waals surface area contributed by atoms with E-state index in [-0.39, 0.29) is 22.9 Å². The summed E-state index contributed by atoms with van der Waals surface area (Å²) in [5.74, 6) is 0.703. The highest BCUT2D eigenvalue weighted by atomic mass is 35.5. The predicted octanol–water partition coefficient (Wildman–Crippen LogP) is 4.58. The Bertz CT molecular complexity index is 1300. The van der Waals surface area contributed by atoms with Gasteiger partial charge in [0, 0.05) is 23.6 Å². The summed E-state index contributed by atoms with van der Waals surface area (Å²) in [6.07, 6.45) is 1.95. The van der Waals surface area contributed by atoms with Crippen LogP contribution in [0.25, 0.3) is 22.4 Å². The number of benzene rings is 2. The third kappa shape index (κ3) is 2.21. The van der Waals surface area contributed by atoms with Crippen LogP contribution in [-0.4, -0.2) is 30.9 Å². The van der Waals surface area contributed by atoms with Crippen LogP contribution in [0.2, 0.25) is 5.02 Å². The Morgan fingerprint density at radius 2 is 2.07 bits per heavy atom. The molecule has 0 fully saturated rings. The van der Waals surface area contributed by atoms with Crippen LogP contribution in [0.5, 0.6) is 5.75 Å². The van der Waals surface area contributed by atoms with Crippen molar-refractivity contribution >= 4 is 22.6 Å². The van der Waals surface area contributed by atoms with Gasteiger partial charge >= 0.3 is 6.61 Å². The summed E-state index contributed by atoms with van der Waals surface area (Å²) in [5.41, 5.74) is 2.30. The number of hydrogen-bond acceptors (Lipinski definition) is 4. The number of fused-ring (bicyclic) bond motifs is 6. The smallest absolute Gasteiger partial charge is 0.387 e. The van der Waals surface area contributed by atoms with Gasteiger partial charge in [-0.05, 0) is 12.1 Å². The third-order valence-electron chi connectivity index (χ3n) is 5.54. The van der Waals surface area contributed by atoms with Crippen LogP contribution in [0.4, 0.5) is 13.2 Å². The first-order valence-electron chi connectivity index (χ1n) is 8.87. The topological polar surface area (TPSA) is 57.8 Å². The van der Waals surface area contributed by atoms with Crippen LogP contribution in [-0.2, 0) is 0 Å². The van der Waals surface area contributed by atoms with Crippen molar-refractivity contribution in [2.75, 3.05) is 0 Å². The molecule has 2 aromatic carbocycles. The standard InChI is InChI=1S/C19H11ClF3N5O/c20-9-4-12-11(5-10(9)21)26-18-14-6-13(27(12)18)16-8(17-24-7-25-28(14)17)2-1-3-15(16)29-19(22)23/h1-5,7,13-14,19H,6H2/t13-,14-/m1/s1. The van der Waals surface area contributed by atoms with Gasteiger partial charge in [0.2, 0.25) is 0 Å². The van der Waals surface area contributed by atoms with E-state index in [0.717, 1.165) is 0 Å². The highest BCUT2D eigenvalue weighted by Gasteiger charge is 2.43. The number of halogens is 4. The molecule has 0 saturated carbocycles. The van der Waals surface area contributed by atoms with E-state index in [9.17, 15) is 13.2 Å². The van der Waals surface area contributed by atoms with Crippen LogP contribution in [0.3, 0.4) is 0 Å². The van der Waals surface area contributed by atoms with Gasteiger partial charge in [0.25, 0.3) is 0 Å². The van der Waals surface area contributed by atoms with E-state index in [4.69, 9.17) is 16.3 Å². The van der Waals surface area contributed by atoms with Gasteiger partial charge in [-0.2, -0.15) is 13.9 Å². The van der Waals surface area contributed by atoms with Gasteiger partial charge in [0.05, 0.1) is 22.1 Å². The molecule has 2 aliphatic heterocycles. The zero-order valence-corrected chi connectivity index (χ0v) is 15.3. The minimum atomic E-state index is -2.97. The maximum Gasteiger partial charge on any atom is 0.387 e. The zero-order chi connectivity index (χ0) is 19.9. The lowest BCUT2D eigenvalue weighted by molar-refractivity contribution is -0.0506. The Labute approximate surface area is 166 Å². The Hall–Kier alpha value is -3.07. The Kier molecular flexibility index (Phi) is 3.33. The molecular formula is C19H11ClF3N5O. The fraction of sp³-hybridized carbons (Fsp3) is 0.211. The van der Waals surface area contributed by atoms with Crippen molar-refractivity contribution in [2.24, 2.45) is 0 Å². The van der Waals surface area contributed by atoms with Crippen LogP contribution in [0, 0.1) is 5.82 Å². The lowest BCUT2D eigenvalue weighted by Gasteiger charge is -2.21. The Morgan fingerprint density at radius 1 is 1.21 bits per heavy atom. The minimum Gasteiger partial charge on any atom is -0.434 e. The van der Waals surface area contributed by atoms with Crippen molar-refractivity contribution in [1.29, 1.82) is 0 Å². The fourth-order valence-electron chi connectivity index (χ4n) is 4.50. The molecule has 0 radical (unpaired) electrons. The molecule has 6 rings (SSSR count). The molecule has 0 unspecified atom stereocenters. The highest BCUT2D eigenvalue weighted by molar-refractivity contribution is 6.31. The third-order valence-corrected chi connectivity index (χ3v) is 5.83. The lowest BCUT2D eigenvalue weighted by atomic mass is 9.97. The molecule has 146 valence electrons. The minimum absolute atomic E-state index is 0.0294. The molecule has 0 amide bonds. The maximum atomic E-state index is 14.0. The molecule has 0 saturated heterocycles. The molecule has 0 spiro atoms. The van der Waals surface area contributed by atoms with E-state index in [1.165, 1.54) is 24.5 Å². The van der Waals surface area contributed by atoms with Gasteiger partial charge < -0.3 is 9.30 Å². The molecule has 0 aliphatic carbocycles. The number of imidazole rings is 1. The average molecular weight is 418 g/mol. The highest BCUT2D eigenvalue weighted by Crippen LogP contribution is 2.51. The van der Waals surface area contributed by atoms with Crippen molar-refractivity contribution in [2.45, 2.75) is 25.1 Å².